The molecule has 13 nitrogen and oxygen atoms in total. The van der Waals surface area contributed by atoms with Crippen molar-refractivity contribution in [2.75, 3.05) is 99.3 Å². The lowest BCUT2D eigenvalue weighted by Crippen LogP contribution is -2.50. The molecule has 1 heterocycles. The van der Waals surface area contributed by atoms with Crippen LogP contribution in [0.15, 0.2) is 0 Å². The Bertz CT molecular complexity index is 678. The molecule has 2 N–H and O–H groups in total. The molecule has 0 aromatic heterocycles. The van der Waals surface area contributed by atoms with Crippen LogP contribution in [0.25, 0.3) is 0 Å². The molecule has 0 bridgehead atoms. The van der Waals surface area contributed by atoms with Crippen LogP contribution >= 0.6 is 12.6 Å². The normalized spacial score (nSPS) is 16.9. The van der Waals surface area contributed by atoms with Gasteiger partial charge in [-0.1, -0.05) is 13.8 Å². The highest BCUT2D eigenvalue weighted by molar-refractivity contribution is 7.96. The summed E-state index contributed by atoms with van der Waals surface area (Å²) in [5.74, 6) is -2.15. The van der Waals surface area contributed by atoms with Crippen molar-refractivity contribution >= 4 is 41.6 Å². The molecule has 14 heteroatoms. The smallest absolute Gasteiger partial charge is 0.319 e. The van der Waals surface area contributed by atoms with Crippen molar-refractivity contribution in [2.24, 2.45) is 0 Å². The van der Waals surface area contributed by atoms with Crippen LogP contribution in [0, 0.1) is 0 Å². The van der Waals surface area contributed by atoms with E-state index in [1.165, 1.54) is 14.2 Å². The molecule has 0 saturated carbocycles. The molecule has 1 saturated heterocycles. The van der Waals surface area contributed by atoms with Gasteiger partial charge in [0, 0.05) is 52.4 Å². The van der Waals surface area contributed by atoms with Gasteiger partial charge in [0.2, 0.25) is 11.0 Å². The highest BCUT2D eigenvalue weighted by Gasteiger charge is 2.21. The number of carbonyl (C=O) groups excluding carboxylic acids is 4. The van der Waals surface area contributed by atoms with Gasteiger partial charge in [-0.25, -0.2) is 0 Å². The Morgan fingerprint density at radius 1 is 0.694 bits per heavy atom. The first kappa shape index (κ1) is 33.7. The van der Waals surface area contributed by atoms with Crippen LogP contribution in [0.2, 0.25) is 0 Å². The monoisotopic (exact) mass is 535 g/mol. The SMILES string of the molecule is CC.COC(=O)CN1CCN(CC(=O)O)CCN(CC(=O)OC)CCN(CC(=O)NCC(=O)S)CC1. The quantitative estimate of drug-likeness (QED) is 0.215. The molecular weight excluding hydrogens is 494 g/mol. The second kappa shape index (κ2) is 19.9. The number of nitrogens with zero attached hydrogens (tertiary/aromatic N) is 4. The summed E-state index contributed by atoms with van der Waals surface area (Å²) in [6.07, 6.45) is 0. The lowest BCUT2D eigenvalue weighted by Gasteiger charge is -2.33. The number of carboxylic acids is 1. The van der Waals surface area contributed by atoms with Crippen LogP contribution in [0.4, 0.5) is 0 Å². The van der Waals surface area contributed by atoms with E-state index >= 15 is 0 Å². The highest BCUT2D eigenvalue weighted by atomic mass is 32.1. The number of rotatable bonds is 10. The minimum absolute atomic E-state index is 0.0182. The molecule has 0 aromatic rings. The predicted octanol–water partition coefficient (Wildman–Crippen LogP) is -1.76. The van der Waals surface area contributed by atoms with Gasteiger partial charge in [0.05, 0.1) is 46.9 Å². The maximum absolute atomic E-state index is 12.3. The van der Waals surface area contributed by atoms with E-state index in [1.54, 1.807) is 4.90 Å². The fourth-order valence-electron chi connectivity index (χ4n) is 3.33. The van der Waals surface area contributed by atoms with Crippen LogP contribution < -0.4 is 5.32 Å². The molecule has 0 atom stereocenters. The van der Waals surface area contributed by atoms with E-state index in [-0.39, 0.29) is 38.6 Å². The highest BCUT2D eigenvalue weighted by Crippen LogP contribution is 2.02. The number of esters is 2. The summed E-state index contributed by atoms with van der Waals surface area (Å²) in [5.41, 5.74) is 0. The third-order valence-corrected chi connectivity index (χ3v) is 5.41. The Hall–Kier alpha value is -2.26. The first-order valence-electron chi connectivity index (χ1n) is 11.9. The van der Waals surface area contributed by atoms with E-state index in [1.807, 2.05) is 28.5 Å². The Labute approximate surface area is 218 Å². The second-order valence-corrected chi connectivity index (χ2v) is 8.32. The summed E-state index contributed by atoms with van der Waals surface area (Å²) in [6, 6.07) is 0. The molecule has 0 radical (unpaired) electrons. The maximum atomic E-state index is 12.3. The number of hydrogen-bond acceptors (Lipinski definition) is 11. The van der Waals surface area contributed by atoms with Gasteiger partial charge in [-0.2, -0.15) is 0 Å². The average molecular weight is 536 g/mol. The molecule has 1 amide bonds. The molecule has 1 rings (SSSR count). The van der Waals surface area contributed by atoms with E-state index in [9.17, 15) is 29.1 Å². The number of amides is 1. The van der Waals surface area contributed by atoms with Gasteiger partial charge in [0.25, 0.3) is 0 Å². The first-order chi connectivity index (χ1) is 17.1. The lowest BCUT2D eigenvalue weighted by atomic mass is 10.3. The summed E-state index contributed by atoms with van der Waals surface area (Å²) in [7, 11) is 2.59. The molecule has 208 valence electrons. The minimum Gasteiger partial charge on any atom is -0.480 e. The van der Waals surface area contributed by atoms with Crippen molar-refractivity contribution in [3.8, 4) is 0 Å². The Morgan fingerprint density at radius 2 is 1.03 bits per heavy atom. The molecule has 1 aliphatic heterocycles. The van der Waals surface area contributed by atoms with Crippen LogP contribution in [0.5, 0.6) is 0 Å². The van der Waals surface area contributed by atoms with Crippen molar-refractivity contribution in [3.63, 3.8) is 0 Å². The molecule has 0 unspecified atom stereocenters. The zero-order valence-electron chi connectivity index (χ0n) is 21.7. The lowest BCUT2D eigenvalue weighted by molar-refractivity contribution is -0.143. The molecule has 1 fully saturated rings. The van der Waals surface area contributed by atoms with Crippen LogP contribution in [0.3, 0.4) is 0 Å². The van der Waals surface area contributed by atoms with Gasteiger partial charge in [-0.15, -0.1) is 12.6 Å². The third-order valence-electron chi connectivity index (χ3n) is 5.25. The first-order valence-corrected chi connectivity index (χ1v) is 12.3. The van der Waals surface area contributed by atoms with Crippen molar-refractivity contribution in [2.45, 2.75) is 13.8 Å². The topological polar surface area (TPSA) is 149 Å². The number of carboxylic acid groups (broad SMARTS) is 1. The van der Waals surface area contributed by atoms with E-state index in [0.717, 1.165) is 0 Å². The molecule has 0 aromatic carbocycles. The van der Waals surface area contributed by atoms with Crippen molar-refractivity contribution in [1.82, 2.24) is 24.9 Å². The van der Waals surface area contributed by atoms with Gasteiger partial charge in [0.1, 0.15) is 0 Å². The minimum atomic E-state index is -0.969. The van der Waals surface area contributed by atoms with Crippen molar-refractivity contribution in [3.05, 3.63) is 0 Å². The number of ether oxygens (including phenoxy) is 2. The fraction of sp³-hybridized carbons (Fsp3) is 0.773. The Balaban J connectivity index is 0.00000596. The molecule has 0 spiro atoms. The number of hydrogen-bond donors (Lipinski definition) is 3. The molecular formula is C22H41N5O8S. The second-order valence-electron chi connectivity index (χ2n) is 7.82. The van der Waals surface area contributed by atoms with Crippen molar-refractivity contribution < 1.29 is 38.6 Å². The van der Waals surface area contributed by atoms with E-state index in [4.69, 9.17) is 9.47 Å². The van der Waals surface area contributed by atoms with Gasteiger partial charge in [-0.3, -0.25) is 43.6 Å². The molecule has 1 aliphatic rings. The summed E-state index contributed by atoms with van der Waals surface area (Å²) >= 11 is 3.64. The van der Waals surface area contributed by atoms with E-state index in [2.05, 4.69) is 17.9 Å². The third kappa shape index (κ3) is 16.4. The Kier molecular flexibility index (Phi) is 18.6. The van der Waals surface area contributed by atoms with Gasteiger partial charge in [0.15, 0.2) is 0 Å². The number of carbonyl (C=O) groups is 5. The van der Waals surface area contributed by atoms with E-state index < -0.39 is 23.0 Å². The number of aliphatic carboxylic acids is 1. The molecule has 36 heavy (non-hydrogen) atoms. The summed E-state index contributed by atoms with van der Waals surface area (Å²) in [5, 5.41) is 11.3. The molecule has 0 aliphatic carbocycles. The largest absolute Gasteiger partial charge is 0.480 e. The number of nitrogens with one attached hydrogen (secondary N) is 1. The predicted molar refractivity (Wildman–Crippen MR) is 136 cm³/mol. The fourth-order valence-corrected chi connectivity index (χ4v) is 3.41. The summed E-state index contributed by atoms with van der Waals surface area (Å²) < 4.78 is 9.54. The summed E-state index contributed by atoms with van der Waals surface area (Å²) in [6.45, 7) is 7.00. The van der Waals surface area contributed by atoms with Gasteiger partial charge >= 0.3 is 17.9 Å². The van der Waals surface area contributed by atoms with Crippen LogP contribution in [0.1, 0.15) is 13.8 Å². The maximum Gasteiger partial charge on any atom is 0.319 e. The number of methoxy groups -OCH3 is 2. The zero-order valence-corrected chi connectivity index (χ0v) is 22.6. The van der Waals surface area contributed by atoms with Crippen molar-refractivity contribution in [1.29, 1.82) is 0 Å². The average Bonchev–Trinajstić information content (AvgIpc) is 2.84. The zero-order chi connectivity index (χ0) is 27.5. The van der Waals surface area contributed by atoms with Crippen LogP contribution in [-0.2, 0) is 33.4 Å². The van der Waals surface area contributed by atoms with E-state index in [0.29, 0.717) is 52.4 Å². The standard InChI is InChI=1S/C20H35N5O8S.C2H6/c1-32-18(29)14-24-7-3-22(12-16(26)21-11-20(31)34)4-8-25(15-19(30)33-2)10-6-23(5-9-24)13-17(27)28;1-2/h3-15H2,1-2H3,(H,21,26)(H,27,28)(H,31,34);1-2H3. The Morgan fingerprint density at radius 3 is 1.33 bits per heavy atom. The number of thiol groups is 1. The van der Waals surface area contributed by atoms with Crippen LogP contribution in [-0.4, -0.2) is 153 Å². The van der Waals surface area contributed by atoms with Gasteiger partial charge in [-0.05, 0) is 0 Å². The summed E-state index contributed by atoms with van der Waals surface area (Å²) in [4.78, 5) is 65.6. The van der Waals surface area contributed by atoms with Gasteiger partial charge < -0.3 is 19.9 Å².